The molecule has 0 aliphatic carbocycles. The van der Waals surface area contributed by atoms with Crippen LogP contribution in [0.2, 0.25) is 0 Å². The molecule has 0 fully saturated rings. The lowest BCUT2D eigenvalue weighted by Gasteiger charge is -2.23. The molecular formula is C10H14O4. The number of hydrogen-bond donors (Lipinski definition) is 2. The summed E-state index contributed by atoms with van der Waals surface area (Å²) in [5.41, 5.74) is -1.29. The molecule has 0 bridgehead atoms. The lowest BCUT2D eigenvalue weighted by molar-refractivity contribution is -0.164. The van der Waals surface area contributed by atoms with Gasteiger partial charge in [0.1, 0.15) is 0 Å². The molecule has 0 aromatic rings. The van der Waals surface area contributed by atoms with E-state index in [0.29, 0.717) is 5.57 Å². The summed E-state index contributed by atoms with van der Waals surface area (Å²) in [7, 11) is 0. The van der Waals surface area contributed by atoms with Crippen molar-refractivity contribution in [2.75, 3.05) is 0 Å². The molecule has 0 aromatic heterocycles. The summed E-state index contributed by atoms with van der Waals surface area (Å²) in [6, 6.07) is 0. The van der Waals surface area contributed by atoms with Gasteiger partial charge in [0.25, 0.3) is 0 Å². The monoisotopic (exact) mass is 198 g/mol. The van der Waals surface area contributed by atoms with E-state index in [-0.39, 0.29) is 12.8 Å². The third-order valence-corrected chi connectivity index (χ3v) is 1.92. The number of allylic oxidation sites excluding steroid dienone is 2. The molecule has 0 saturated heterocycles. The molecule has 0 aromatic carbocycles. The van der Waals surface area contributed by atoms with Crippen molar-refractivity contribution in [3.63, 3.8) is 0 Å². The van der Waals surface area contributed by atoms with Gasteiger partial charge in [0.15, 0.2) is 5.41 Å². The first-order chi connectivity index (χ1) is 6.36. The first kappa shape index (κ1) is 12.4. The molecule has 2 N–H and O–H groups in total. The van der Waals surface area contributed by atoms with Gasteiger partial charge in [0.2, 0.25) is 0 Å². The highest BCUT2D eigenvalue weighted by atomic mass is 16.4. The molecule has 0 unspecified atom stereocenters. The number of aliphatic carboxylic acids is 2. The van der Waals surface area contributed by atoms with E-state index < -0.39 is 17.4 Å². The van der Waals surface area contributed by atoms with Crippen LogP contribution in [-0.2, 0) is 9.59 Å². The van der Waals surface area contributed by atoms with Crippen LogP contribution in [0.25, 0.3) is 0 Å². The number of carboxylic acid groups (broad SMARTS) is 2. The fraction of sp³-hybridized carbons (Fsp3) is 0.400. The predicted molar refractivity (Wildman–Crippen MR) is 51.9 cm³/mol. The zero-order valence-corrected chi connectivity index (χ0v) is 8.12. The van der Waals surface area contributed by atoms with Gasteiger partial charge in [0, 0.05) is 0 Å². The van der Waals surface area contributed by atoms with Crippen molar-refractivity contribution in [3.05, 3.63) is 24.8 Å². The highest BCUT2D eigenvalue weighted by Crippen LogP contribution is 2.31. The van der Waals surface area contributed by atoms with E-state index in [0.717, 1.165) is 0 Å². The Morgan fingerprint density at radius 2 is 1.79 bits per heavy atom. The van der Waals surface area contributed by atoms with Crippen molar-refractivity contribution in [3.8, 4) is 0 Å². The van der Waals surface area contributed by atoms with Crippen molar-refractivity contribution >= 4 is 11.9 Å². The van der Waals surface area contributed by atoms with E-state index in [4.69, 9.17) is 10.2 Å². The zero-order valence-electron chi connectivity index (χ0n) is 8.12. The largest absolute Gasteiger partial charge is 0.480 e. The van der Waals surface area contributed by atoms with Crippen molar-refractivity contribution in [2.24, 2.45) is 5.41 Å². The molecule has 0 aliphatic rings. The smallest absolute Gasteiger partial charge is 0.321 e. The van der Waals surface area contributed by atoms with Crippen LogP contribution in [0.3, 0.4) is 0 Å². The van der Waals surface area contributed by atoms with Crippen molar-refractivity contribution in [2.45, 2.75) is 19.8 Å². The lowest BCUT2D eigenvalue weighted by atomic mass is 9.79. The van der Waals surface area contributed by atoms with Gasteiger partial charge in [-0.05, 0) is 19.8 Å². The highest BCUT2D eigenvalue weighted by molar-refractivity contribution is 5.98. The van der Waals surface area contributed by atoms with E-state index in [1.165, 1.54) is 6.08 Å². The Hall–Kier alpha value is -1.58. The molecule has 14 heavy (non-hydrogen) atoms. The van der Waals surface area contributed by atoms with Crippen molar-refractivity contribution in [1.82, 2.24) is 0 Å². The third kappa shape index (κ3) is 2.45. The quantitative estimate of drug-likeness (QED) is 0.503. The second-order valence-electron chi connectivity index (χ2n) is 3.32. The summed E-state index contributed by atoms with van der Waals surface area (Å²) in [4.78, 5) is 21.8. The molecule has 0 saturated carbocycles. The predicted octanol–water partition coefficient (Wildman–Crippen LogP) is 1.68. The third-order valence-electron chi connectivity index (χ3n) is 1.92. The summed E-state index contributed by atoms with van der Waals surface area (Å²) >= 11 is 0. The maximum Gasteiger partial charge on any atom is 0.321 e. The molecule has 78 valence electrons. The minimum atomic E-state index is -1.81. The Bertz CT molecular complexity index is 264. The normalized spacial score (nSPS) is 10.6. The van der Waals surface area contributed by atoms with Crippen LogP contribution in [0.4, 0.5) is 0 Å². The standard InChI is InChI=1S/C10H14O4/c1-4-5-10(8(11)12,9(13)14)6-7(2)3/h4H,1-2,5-6H2,3H3,(H,11,12)(H,13,14). The highest BCUT2D eigenvalue weighted by Gasteiger charge is 2.45. The fourth-order valence-electron chi connectivity index (χ4n) is 1.25. The van der Waals surface area contributed by atoms with Gasteiger partial charge >= 0.3 is 11.9 Å². The van der Waals surface area contributed by atoms with Crippen LogP contribution in [-0.4, -0.2) is 22.2 Å². The topological polar surface area (TPSA) is 74.6 Å². The molecule has 0 rings (SSSR count). The van der Waals surface area contributed by atoms with Crippen LogP contribution < -0.4 is 0 Å². The Labute approximate surface area is 82.6 Å². The molecule has 4 heteroatoms. The van der Waals surface area contributed by atoms with Crippen LogP contribution >= 0.6 is 0 Å². The molecule has 0 spiro atoms. The molecule has 4 nitrogen and oxygen atoms in total. The summed E-state index contributed by atoms with van der Waals surface area (Å²) in [5, 5.41) is 17.8. The lowest BCUT2D eigenvalue weighted by Crippen LogP contribution is -2.39. The maximum absolute atomic E-state index is 10.9. The van der Waals surface area contributed by atoms with Gasteiger partial charge in [-0.1, -0.05) is 11.6 Å². The van der Waals surface area contributed by atoms with Crippen LogP contribution in [0.15, 0.2) is 24.8 Å². The second-order valence-corrected chi connectivity index (χ2v) is 3.32. The van der Waals surface area contributed by atoms with Gasteiger partial charge < -0.3 is 10.2 Å². The fourth-order valence-corrected chi connectivity index (χ4v) is 1.25. The average Bonchev–Trinajstić information content (AvgIpc) is 2.01. The Morgan fingerprint density at radius 1 is 1.36 bits per heavy atom. The summed E-state index contributed by atoms with van der Waals surface area (Å²) < 4.78 is 0. The average molecular weight is 198 g/mol. The van der Waals surface area contributed by atoms with Gasteiger partial charge in [-0.25, -0.2) is 0 Å². The molecule has 0 atom stereocenters. The number of hydrogen-bond acceptors (Lipinski definition) is 2. The summed E-state index contributed by atoms with van der Waals surface area (Å²) in [6.07, 6.45) is 1.11. The molecule has 0 amide bonds. The van der Waals surface area contributed by atoms with Crippen LogP contribution in [0.5, 0.6) is 0 Å². The molecule has 0 aliphatic heterocycles. The SMILES string of the molecule is C=CCC(CC(=C)C)(C(=O)O)C(=O)O. The minimum absolute atomic E-state index is 0.0797. The van der Waals surface area contributed by atoms with Gasteiger partial charge in [-0.15, -0.1) is 13.2 Å². The first-order valence-electron chi connectivity index (χ1n) is 4.09. The van der Waals surface area contributed by atoms with Crippen molar-refractivity contribution < 1.29 is 19.8 Å². The molecular weight excluding hydrogens is 184 g/mol. The second kappa shape index (κ2) is 4.60. The Balaban J connectivity index is 5.13. The van der Waals surface area contributed by atoms with Gasteiger partial charge in [-0.2, -0.15) is 0 Å². The number of carbonyl (C=O) groups is 2. The van der Waals surface area contributed by atoms with E-state index in [2.05, 4.69) is 13.2 Å². The van der Waals surface area contributed by atoms with Crippen LogP contribution in [0.1, 0.15) is 19.8 Å². The van der Waals surface area contributed by atoms with E-state index in [1.54, 1.807) is 6.92 Å². The van der Waals surface area contributed by atoms with E-state index in [9.17, 15) is 9.59 Å². The number of carboxylic acids is 2. The minimum Gasteiger partial charge on any atom is -0.480 e. The van der Waals surface area contributed by atoms with Gasteiger partial charge in [-0.3, -0.25) is 9.59 Å². The van der Waals surface area contributed by atoms with Gasteiger partial charge in [0.05, 0.1) is 0 Å². The summed E-state index contributed by atoms with van der Waals surface area (Å²) in [5.74, 6) is -2.71. The first-order valence-corrected chi connectivity index (χ1v) is 4.09. The van der Waals surface area contributed by atoms with Crippen LogP contribution in [0, 0.1) is 5.41 Å². The maximum atomic E-state index is 10.9. The Morgan fingerprint density at radius 3 is 2.00 bits per heavy atom. The van der Waals surface area contributed by atoms with E-state index in [1.807, 2.05) is 0 Å². The Kier molecular flexibility index (Phi) is 4.08. The van der Waals surface area contributed by atoms with E-state index >= 15 is 0 Å². The molecule has 0 heterocycles. The zero-order chi connectivity index (χ0) is 11.4. The summed E-state index contributed by atoms with van der Waals surface area (Å²) in [6.45, 7) is 8.49. The molecule has 0 radical (unpaired) electrons. The number of rotatable bonds is 6. The van der Waals surface area contributed by atoms with Crippen molar-refractivity contribution in [1.29, 1.82) is 0 Å².